The minimum Gasteiger partial charge on any atom is -0.337 e. The number of hydrogen-bond acceptors (Lipinski definition) is 6. The minimum absolute atomic E-state index is 0.0201. The molecule has 0 spiro atoms. The van der Waals surface area contributed by atoms with Gasteiger partial charge in [0.1, 0.15) is 17.3 Å². The zero-order valence-electron chi connectivity index (χ0n) is 15.4. The highest BCUT2D eigenvalue weighted by molar-refractivity contribution is 5.92. The van der Waals surface area contributed by atoms with Crippen molar-refractivity contribution in [3.05, 3.63) is 47.3 Å². The van der Waals surface area contributed by atoms with Gasteiger partial charge in [0.15, 0.2) is 5.82 Å². The highest BCUT2D eigenvalue weighted by Gasteiger charge is 2.27. The van der Waals surface area contributed by atoms with Crippen molar-refractivity contribution in [2.75, 3.05) is 18.4 Å². The molecule has 0 aliphatic carbocycles. The normalized spacial score (nSPS) is 17.1. The maximum Gasteiger partial charge on any atom is 0.271 e. The van der Waals surface area contributed by atoms with Crippen LogP contribution in [0.2, 0.25) is 0 Å². The van der Waals surface area contributed by atoms with Gasteiger partial charge in [-0.15, -0.1) is 0 Å². The van der Waals surface area contributed by atoms with Gasteiger partial charge < -0.3 is 10.2 Å². The van der Waals surface area contributed by atoms with Gasteiger partial charge in [-0.2, -0.15) is 10.2 Å². The first kappa shape index (κ1) is 17.2. The maximum atomic E-state index is 12.6. The number of nitrogens with zero attached hydrogens (tertiary/aromatic N) is 5. The Kier molecular flexibility index (Phi) is 4.57. The minimum atomic E-state index is -0.0201. The van der Waals surface area contributed by atoms with Gasteiger partial charge in [-0.25, -0.2) is 9.97 Å². The maximum absolute atomic E-state index is 12.6. The van der Waals surface area contributed by atoms with Crippen LogP contribution in [0.25, 0.3) is 0 Å². The Morgan fingerprint density at radius 2 is 2.11 bits per heavy atom. The number of aromatic nitrogens is 6. The molecule has 1 fully saturated rings. The van der Waals surface area contributed by atoms with Crippen LogP contribution in [0.5, 0.6) is 0 Å². The van der Waals surface area contributed by atoms with Crippen molar-refractivity contribution in [3.63, 3.8) is 0 Å². The predicted octanol–water partition coefficient (Wildman–Crippen LogP) is 2.30. The highest BCUT2D eigenvalue weighted by atomic mass is 16.2. The first-order chi connectivity index (χ1) is 13.1. The standard InChI is InChI=1S/C18H22N8O/c1-11-8-17(25-23-11)22-16-9-15(20-12(2)21-16)13-4-3-7-26(10-13)18(27)14-5-6-19-24-14/h5-6,8-9,13H,3-4,7,10H2,1-2H3,(H,19,24)(H2,20,21,22,23,25). The molecule has 1 aliphatic heterocycles. The third-order valence-corrected chi connectivity index (χ3v) is 4.68. The lowest BCUT2D eigenvalue weighted by molar-refractivity contribution is 0.0700. The summed E-state index contributed by atoms with van der Waals surface area (Å²) in [4.78, 5) is 23.6. The average Bonchev–Trinajstić information content (AvgIpc) is 3.33. The second-order valence-electron chi connectivity index (χ2n) is 6.85. The third-order valence-electron chi connectivity index (χ3n) is 4.68. The van der Waals surface area contributed by atoms with Crippen LogP contribution in [0.4, 0.5) is 11.6 Å². The summed E-state index contributed by atoms with van der Waals surface area (Å²) in [5.41, 5.74) is 2.44. The van der Waals surface area contributed by atoms with E-state index in [0.29, 0.717) is 23.9 Å². The van der Waals surface area contributed by atoms with Crippen molar-refractivity contribution < 1.29 is 4.79 Å². The van der Waals surface area contributed by atoms with E-state index in [1.807, 2.05) is 30.9 Å². The van der Waals surface area contributed by atoms with E-state index in [1.165, 1.54) is 0 Å². The molecule has 0 bridgehead atoms. The molecule has 3 aromatic rings. The first-order valence-corrected chi connectivity index (χ1v) is 9.02. The molecule has 9 nitrogen and oxygen atoms in total. The Balaban J connectivity index is 1.52. The smallest absolute Gasteiger partial charge is 0.271 e. The van der Waals surface area contributed by atoms with Gasteiger partial charge in [-0.05, 0) is 32.8 Å². The molecule has 4 rings (SSSR count). The molecule has 1 unspecified atom stereocenters. The van der Waals surface area contributed by atoms with E-state index in [-0.39, 0.29) is 11.8 Å². The van der Waals surface area contributed by atoms with E-state index in [9.17, 15) is 4.79 Å². The van der Waals surface area contributed by atoms with Crippen molar-refractivity contribution in [2.45, 2.75) is 32.6 Å². The second kappa shape index (κ2) is 7.18. The Hall–Kier alpha value is -3.23. The van der Waals surface area contributed by atoms with Crippen LogP contribution in [-0.4, -0.2) is 54.3 Å². The van der Waals surface area contributed by atoms with E-state index in [0.717, 1.165) is 36.6 Å². The fourth-order valence-electron chi connectivity index (χ4n) is 3.43. The van der Waals surface area contributed by atoms with Crippen molar-refractivity contribution in [1.29, 1.82) is 0 Å². The van der Waals surface area contributed by atoms with E-state index in [1.54, 1.807) is 12.3 Å². The number of piperidine rings is 1. The van der Waals surface area contributed by atoms with Crippen molar-refractivity contribution in [1.82, 2.24) is 35.3 Å². The SMILES string of the molecule is Cc1nc(Nc2cc(C)[nH]n2)cc(C2CCCN(C(=O)c3ccn[nH]3)C2)n1. The lowest BCUT2D eigenvalue weighted by atomic mass is 9.94. The Morgan fingerprint density at radius 1 is 1.22 bits per heavy atom. The molecule has 1 atom stereocenters. The number of aryl methyl sites for hydroxylation is 2. The summed E-state index contributed by atoms with van der Waals surface area (Å²) >= 11 is 0. The number of aromatic amines is 2. The van der Waals surface area contributed by atoms with E-state index < -0.39 is 0 Å². The van der Waals surface area contributed by atoms with Crippen molar-refractivity contribution in [2.24, 2.45) is 0 Å². The van der Waals surface area contributed by atoms with Crippen LogP contribution >= 0.6 is 0 Å². The van der Waals surface area contributed by atoms with Gasteiger partial charge in [0.2, 0.25) is 0 Å². The molecule has 0 aromatic carbocycles. The molecule has 0 radical (unpaired) electrons. The van der Waals surface area contributed by atoms with Crippen molar-refractivity contribution >= 4 is 17.5 Å². The molecular formula is C18H22N8O. The molecule has 9 heteroatoms. The molecule has 4 heterocycles. The summed E-state index contributed by atoms with van der Waals surface area (Å²) < 4.78 is 0. The number of likely N-dealkylation sites (tertiary alicyclic amines) is 1. The van der Waals surface area contributed by atoms with Gasteiger partial charge in [0, 0.05) is 43.0 Å². The van der Waals surface area contributed by atoms with Crippen LogP contribution < -0.4 is 5.32 Å². The van der Waals surface area contributed by atoms with E-state index in [2.05, 4.69) is 35.7 Å². The first-order valence-electron chi connectivity index (χ1n) is 9.02. The predicted molar refractivity (Wildman–Crippen MR) is 99.8 cm³/mol. The molecule has 140 valence electrons. The lowest BCUT2D eigenvalue weighted by Gasteiger charge is -2.32. The highest BCUT2D eigenvalue weighted by Crippen LogP contribution is 2.28. The molecule has 1 amide bonds. The van der Waals surface area contributed by atoms with E-state index >= 15 is 0 Å². The Bertz CT molecular complexity index is 933. The van der Waals surface area contributed by atoms with Crippen LogP contribution in [0.15, 0.2) is 24.4 Å². The summed E-state index contributed by atoms with van der Waals surface area (Å²) in [6, 6.07) is 5.57. The quantitative estimate of drug-likeness (QED) is 0.652. The second-order valence-corrected chi connectivity index (χ2v) is 6.85. The van der Waals surface area contributed by atoms with Crippen LogP contribution in [-0.2, 0) is 0 Å². The number of carbonyl (C=O) groups is 1. The topological polar surface area (TPSA) is 115 Å². The molecule has 1 aliphatic rings. The summed E-state index contributed by atoms with van der Waals surface area (Å²) in [6.45, 7) is 5.20. The van der Waals surface area contributed by atoms with Crippen LogP contribution in [0, 0.1) is 13.8 Å². The van der Waals surface area contributed by atoms with E-state index in [4.69, 9.17) is 0 Å². The van der Waals surface area contributed by atoms with Crippen LogP contribution in [0.3, 0.4) is 0 Å². The summed E-state index contributed by atoms with van der Waals surface area (Å²) in [7, 11) is 0. The zero-order chi connectivity index (χ0) is 18.8. The van der Waals surface area contributed by atoms with Crippen molar-refractivity contribution in [3.8, 4) is 0 Å². The lowest BCUT2D eigenvalue weighted by Crippen LogP contribution is -2.39. The third kappa shape index (κ3) is 3.81. The molecule has 1 saturated heterocycles. The summed E-state index contributed by atoms with van der Waals surface area (Å²) in [5.74, 6) is 2.28. The molecule has 3 N–H and O–H groups in total. The van der Waals surface area contributed by atoms with Gasteiger partial charge in [0.25, 0.3) is 5.91 Å². The largest absolute Gasteiger partial charge is 0.337 e. The van der Waals surface area contributed by atoms with Crippen LogP contribution in [0.1, 0.15) is 46.5 Å². The number of amides is 1. The fourth-order valence-corrected chi connectivity index (χ4v) is 3.43. The number of hydrogen-bond donors (Lipinski definition) is 3. The molecule has 3 aromatic heterocycles. The van der Waals surface area contributed by atoms with Gasteiger partial charge in [-0.3, -0.25) is 15.0 Å². The number of anilines is 2. The number of carbonyl (C=O) groups excluding carboxylic acids is 1. The number of nitrogens with one attached hydrogen (secondary N) is 3. The monoisotopic (exact) mass is 366 g/mol. The summed E-state index contributed by atoms with van der Waals surface area (Å²) in [6.07, 6.45) is 3.52. The van der Waals surface area contributed by atoms with Gasteiger partial charge >= 0.3 is 0 Å². The zero-order valence-corrected chi connectivity index (χ0v) is 15.4. The molecular weight excluding hydrogens is 344 g/mol. The summed E-state index contributed by atoms with van der Waals surface area (Å²) in [5, 5.41) is 16.9. The number of rotatable bonds is 4. The molecule has 0 saturated carbocycles. The molecule has 27 heavy (non-hydrogen) atoms. The Morgan fingerprint density at radius 3 is 2.85 bits per heavy atom. The van der Waals surface area contributed by atoms with Gasteiger partial charge in [0.05, 0.1) is 5.69 Å². The average molecular weight is 366 g/mol. The number of H-pyrrole nitrogens is 2. The van der Waals surface area contributed by atoms with Gasteiger partial charge in [-0.1, -0.05) is 0 Å². The Labute approximate surface area is 156 Å². The fraction of sp³-hybridized carbons (Fsp3) is 0.389.